The van der Waals surface area contributed by atoms with E-state index in [9.17, 15) is 17.6 Å². The van der Waals surface area contributed by atoms with Crippen LogP contribution in [0.4, 0.5) is 15.8 Å². The van der Waals surface area contributed by atoms with Crippen molar-refractivity contribution < 1.29 is 17.6 Å². The first-order valence-electron chi connectivity index (χ1n) is 8.91. The Morgan fingerprint density at radius 3 is 2.14 bits per heavy atom. The summed E-state index contributed by atoms with van der Waals surface area (Å²) < 4.78 is 40.3. The molecule has 3 aromatic rings. The number of amides is 1. The number of halogens is 1. The Morgan fingerprint density at radius 2 is 1.55 bits per heavy atom. The molecule has 0 saturated heterocycles. The Kier molecular flexibility index (Phi) is 5.70. The minimum atomic E-state index is -3.71. The maximum Gasteiger partial charge on any atom is 0.264 e. The van der Waals surface area contributed by atoms with Crippen LogP contribution in [-0.4, -0.2) is 21.4 Å². The molecule has 5 nitrogen and oxygen atoms in total. The molecule has 0 bridgehead atoms. The van der Waals surface area contributed by atoms with Gasteiger partial charge in [-0.05, 0) is 67.9 Å². The first kappa shape index (κ1) is 20.5. The SMILES string of the molecule is Cc1ccc(S(=O)(=O)N(C)c2ccc(C(=O)Nc3ccc(C)c(F)c3)cc2)cc1. The zero-order chi connectivity index (χ0) is 21.2. The Morgan fingerprint density at radius 1 is 0.931 bits per heavy atom. The number of hydrogen-bond donors (Lipinski definition) is 1. The third kappa shape index (κ3) is 4.46. The molecule has 3 rings (SSSR count). The Labute approximate surface area is 169 Å². The minimum Gasteiger partial charge on any atom is -0.322 e. The molecule has 1 amide bonds. The van der Waals surface area contributed by atoms with Crippen LogP contribution in [0.15, 0.2) is 71.6 Å². The number of carbonyl (C=O) groups is 1. The molecule has 0 aromatic heterocycles. The topological polar surface area (TPSA) is 66.5 Å². The van der Waals surface area contributed by atoms with E-state index in [0.29, 0.717) is 22.5 Å². The minimum absolute atomic E-state index is 0.189. The van der Waals surface area contributed by atoms with Gasteiger partial charge in [0, 0.05) is 18.3 Å². The predicted molar refractivity (Wildman–Crippen MR) is 112 cm³/mol. The van der Waals surface area contributed by atoms with Gasteiger partial charge in [0.15, 0.2) is 0 Å². The average molecular weight is 412 g/mol. The molecule has 1 N–H and O–H groups in total. The number of benzene rings is 3. The fourth-order valence-corrected chi connectivity index (χ4v) is 3.90. The second-order valence-corrected chi connectivity index (χ2v) is 8.72. The van der Waals surface area contributed by atoms with Gasteiger partial charge in [0.25, 0.3) is 15.9 Å². The number of nitrogens with one attached hydrogen (secondary N) is 1. The quantitative estimate of drug-likeness (QED) is 0.670. The van der Waals surface area contributed by atoms with Gasteiger partial charge in [0.2, 0.25) is 0 Å². The molecule has 0 atom stereocenters. The van der Waals surface area contributed by atoms with Gasteiger partial charge in [-0.15, -0.1) is 0 Å². The van der Waals surface area contributed by atoms with Crippen molar-refractivity contribution in [3.8, 4) is 0 Å². The van der Waals surface area contributed by atoms with Crippen LogP contribution in [0.5, 0.6) is 0 Å². The van der Waals surface area contributed by atoms with Crippen molar-refractivity contribution in [3.63, 3.8) is 0 Å². The van der Waals surface area contributed by atoms with Crippen LogP contribution in [0.2, 0.25) is 0 Å². The van der Waals surface area contributed by atoms with Gasteiger partial charge in [0.1, 0.15) is 5.82 Å². The van der Waals surface area contributed by atoms with Crippen molar-refractivity contribution in [2.45, 2.75) is 18.7 Å². The first-order valence-corrected chi connectivity index (χ1v) is 10.4. The molecule has 29 heavy (non-hydrogen) atoms. The fraction of sp³-hybridized carbons (Fsp3) is 0.136. The lowest BCUT2D eigenvalue weighted by Crippen LogP contribution is -2.26. The molecule has 0 heterocycles. The lowest BCUT2D eigenvalue weighted by molar-refractivity contribution is 0.102. The van der Waals surface area contributed by atoms with Gasteiger partial charge >= 0.3 is 0 Å². The normalized spacial score (nSPS) is 11.2. The lowest BCUT2D eigenvalue weighted by Gasteiger charge is -2.20. The zero-order valence-electron chi connectivity index (χ0n) is 16.3. The second-order valence-electron chi connectivity index (χ2n) is 6.75. The summed E-state index contributed by atoms with van der Waals surface area (Å²) in [5, 5.41) is 2.63. The second kappa shape index (κ2) is 8.05. The van der Waals surface area contributed by atoms with Crippen molar-refractivity contribution in [3.05, 3.63) is 89.2 Å². The van der Waals surface area contributed by atoms with Gasteiger partial charge in [0.05, 0.1) is 10.6 Å². The van der Waals surface area contributed by atoms with Crippen LogP contribution < -0.4 is 9.62 Å². The third-order valence-electron chi connectivity index (χ3n) is 4.60. The van der Waals surface area contributed by atoms with Crippen LogP contribution in [0.25, 0.3) is 0 Å². The molecular formula is C22H21FN2O3S. The molecule has 0 spiro atoms. The molecular weight excluding hydrogens is 391 g/mol. The highest BCUT2D eigenvalue weighted by Crippen LogP contribution is 2.23. The molecule has 0 aliphatic heterocycles. The van der Waals surface area contributed by atoms with E-state index in [1.807, 2.05) is 6.92 Å². The van der Waals surface area contributed by atoms with E-state index in [4.69, 9.17) is 0 Å². The monoisotopic (exact) mass is 412 g/mol. The molecule has 150 valence electrons. The maximum atomic E-state index is 13.6. The summed E-state index contributed by atoms with van der Waals surface area (Å²) in [5.74, 6) is -0.815. The summed E-state index contributed by atoms with van der Waals surface area (Å²) >= 11 is 0. The number of sulfonamides is 1. The van der Waals surface area contributed by atoms with E-state index >= 15 is 0 Å². The number of hydrogen-bond acceptors (Lipinski definition) is 3. The van der Waals surface area contributed by atoms with Crippen molar-refractivity contribution in [1.82, 2.24) is 0 Å². The van der Waals surface area contributed by atoms with E-state index < -0.39 is 21.7 Å². The van der Waals surface area contributed by atoms with Crippen molar-refractivity contribution in [1.29, 1.82) is 0 Å². The number of carbonyl (C=O) groups excluding carboxylic acids is 1. The molecule has 0 unspecified atom stereocenters. The molecule has 0 aliphatic rings. The number of nitrogens with zero attached hydrogens (tertiary/aromatic N) is 1. The zero-order valence-corrected chi connectivity index (χ0v) is 17.1. The lowest BCUT2D eigenvalue weighted by atomic mass is 10.1. The van der Waals surface area contributed by atoms with E-state index in [2.05, 4.69) is 5.32 Å². The molecule has 3 aromatic carbocycles. The van der Waals surface area contributed by atoms with Crippen LogP contribution >= 0.6 is 0 Å². The molecule has 0 fully saturated rings. The maximum absolute atomic E-state index is 13.6. The standard InChI is InChI=1S/C22H21FN2O3S/c1-15-4-12-20(13-5-15)29(27,28)25(3)19-10-7-17(8-11-19)22(26)24-18-9-6-16(2)21(23)14-18/h4-14H,1-3H3,(H,24,26). The van der Waals surface area contributed by atoms with Gasteiger partial charge < -0.3 is 5.32 Å². The number of anilines is 2. The van der Waals surface area contributed by atoms with Crippen LogP contribution in [0.1, 0.15) is 21.5 Å². The van der Waals surface area contributed by atoms with Gasteiger partial charge in [-0.1, -0.05) is 23.8 Å². The summed E-state index contributed by atoms with van der Waals surface area (Å²) in [6.45, 7) is 3.52. The average Bonchev–Trinajstić information content (AvgIpc) is 2.70. The largest absolute Gasteiger partial charge is 0.322 e. The highest BCUT2D eigenvalue weighted by atomic mass is 32.2. The van der Waals surface area contributed by atoms with E-state index in [1.54, 1.807) is 55.5 Å². The Hall–Kier alpha value is -3.19. The highest BCUT2D eigenvalue weighted by Gasteiger charge is 2.21. The summed E-state index contributed by atoms with van der Waals surface area (Å²) in [6, 6.07) is 17.2. The Bertz CT molecular complexity index is 1140. The molecule has 7 heteroatoms. The summed E-state index contributed by atoms with van der Waals surface area (Å²) in [6.07, 6.45) is 0. The van der Waals surface area contributed by atoms with Gasteiger partial charge in [-0.3, -0.25) is 9.10 Å². The molecule has 0 saturated carbocycles. The molecule has 0 aliphatic carbocycles. The van der Waals surface area contributed by atoms with Gasteiger partial charge in [-0.2, -0.15) is 0 Å². The van der Waals surface area contributed by atoms with Crippen LogP contribution in [0, 0.1) is 19.7 Å². The Balaban J connectivity index is 1.77. The third-order valence-corrected chi connectivity index (χ3v) is 6.40. The van der Waals surface area contributed by atoms with Gasteiger partial charge in [-0.25, -0.2) is 12.8 Å². The van der Waals surface area contributed by atoms with E-state index in [0.717, 1.165) is 9.87 Å². The van der Waals surface area contributed by atoms with Crippen LogP contribution in [0.3, 0.4) is 0 Å². The van der Waals surface area contributed by atoms with E-state index in [-0.39, 0.29) is 4.90 Å². The fourth-order valence-electron chi connectivity index (χ4n) is 2.70. The van der Waals surface area contributed by atoms with Crippen molar-refractivity contribution in [2.75, 3.05) is 16.7 Å². The van der Waals surface area contributed by atoms with E-state index in [1.165, 1.54) is 25.2 Å². The van der Waals surface area contributed by atoms with Crippen molar-refractivity contribution in [2.24, 2.45) is 0 Å². The molecule has 0 radical (unpaired) electrons. The number of aryl methyl sites for hydroxylation is 2. The highest BCUT2D eigenvalue weighted by molar-refractivity contribution is 7.92. The van der Waals surface area contributed by atoms with Crippen molar-refractivity contribution >= 4 is 27.3 Å². The summed E-state index contributed by atoms with van der Waals surface area (Å²) in [5.41, 5.74) is 2.56. The predicted octanol–water partition coefficient (Wildman–Crippen LogP) is 4.52. The van der Waals surface area contributed by atoms with Crippen LogP contribution in [-0.2, 0) is 10.0 Å². The first-order chi connectivity index (χ1) is 13.7. The smallest absolute Gasteiger partial charge is 0.264 e. The summed E-state index contributed by atoms with van der Waals surface area (Å²) in [7, 11) is -2.25. The number of rotatable bonds is 5. The summed E-state index contributed by atoms with van der Waals surface area (Å²) in [4.78, 5) is 12.6.